The maximum Gasteiger partial charge on any atom is 0.161 e. The van der Waals surface area contributed by atoms with Crippen molar-refractivity contribution in [2.75, 3.05) is 20.3 Å². The summed E-state index contributed by atoms with van der Waals surface area (Å²) in [6.45, 7) is 5.90. The molecule has 0 atom stereocenters. The molecule has 2 rings (SSSR count). The molecule has 0 saturated heterocycles. The van der Waals surface area contributed by atoms with Gasteiger partial charge in [0.1, 0.15) is 5.75 Å². The van der Waals surface area contributed by atoms with Gasteiger partial charge in [0.15, 0.2) is 11.5 Å². The largest absolute Gasteiger partial charge is 0.494 e. The van der Waals surface area contributed by atoms with Crippen LogP contribution in [0.3, 0.4) is 0 Å². The van der Waals surface area contributed by atoms with Crippen LogP contribution in [0.4, 0.5) is 0 Å². The average Bonchev–Trinajstić information content (AvgIpc) is 2.61. The van der Waals surface area contributed by atoms with Crippen molar-refractivity contribution in [3.63, 3.8) is 0 Å². The van der Waals surface area contributed by atoms with Gasteiger partial charge in [-0.25, -0.2) is 0 Å². The minimum absolute atomic E-state index is 0.730. The van der Waals surface area contributed by atoms with Crippen LogP contribution in [0, 0.1) is 0 Å². The van der Waals surface area contributed by atoms with Crippen molar-refractivity contribution in [2.24, 2.45) is 0 Å². The fourth-order valence-corrected chi connectivity index (χ4v) is 2.67. The zero-order valence-corrected chi connectivity index (χ0v) is 15.3. The molecule has 0 aliphatic rings. The average molecular weight is 330 g/mol. The Morgan fingerprint density at radius 3 is 2.04 bits per heavy atom. The molecule has 0 radical (unpaired) electrons. The van der Waals surface area contributed by atoms with Crippen molar-refractivity contribution in [2.45, 2.75) is 52.4 Å². The van der Waals surface area contributed by atoms with Crippen LogP contribution >= 0.6 is 0 Å². The Bertz CT molecular complexity index is 622. The first-order valence-electron chi connectivity index (χ1n) is 9.15. The van der Waals surface area contributed by atoms with Gasteiger partial charge in [-0.15, -0.1) is 0 Å². The zero-order chi connectivity index (χ0) is 17.2. The smallest absolute Gasteiger partial charge is 0.161 e. The number of methoxy groups -OCH3 is 1. The Kier molecular flexibility index (Phi) is 7.73. The standard InChI is InChI=1S/C21H30O3/c1-4-6-8-12-23-19-11-10-17-15-21(24-13-9-7-5-2)20(22-3)16-18(17)14-19/h10-11,14-16H,4-9,12-13H2,1-3H3. The molecule has 0 aromatic heterocycles. The van der Waals surface area contributed by atoms with Crippen molar-refractivity contribution < 1.29 is 14.2 Å². The summed E-state index contributed by atoms with van der Waals surface area (Å²) >= 11 is 0. The van der Waals surface area contributed by atoms with E-state index in [4.69, 9.17) is 14.2 Å². The fourth-order valence-electron chi connectivity index (χ4n) is 2.67. The van der Waals surface area contributed by atoms with Crippen molar-refractivity contribution in [3.05, 3.63) is 30.3 Å². The van der Waals surface area contributed by atoms with E-state index in [0.717, 1.165) is 54.1 Å². The number of hydrogen-bond donors (Lipinski definition) is 0. The molecule has 0 unspecified atom stereocenters. The van der Waals surface area contributed by atoms with Gasteiger partial charge in [-0.3, -0.25) is 0 Å². The second kappa shape index (κ2) is 10.1. The lowest BCUT2D eigenvalue weighted by atomic mass is 10.1. The molecule has 132 valence electrons. The van der Waals surface area contributed by atoms with Gasteiger partial charge >= 0.3 is 0 Å². The lowest BCUT2D eigenvalue weighted by molar-refractivity contribution is 0.286. The van der Waals surface area contributed by atoms with Crippen LogP contribution in [-0.2, 0) is 0 Å². The third-order valence-electron chi connectivity index (χ3n) is 4.12. The van der Waals surface area contributed by atoms with Crippen LogP contribution in [0.25, 0.3) is 10.8 Å². The molecule has 0 aliphatic carbocycles. The van der Waals surface area contributed by atoms with Gasteiger partial charge in [0, 0.05) is 0 Å². The molecular weight excluding hydrogens is 300 g/mol. The fraction of sp³-hybridized carbons (Fsp3) is 0.524. The lowest BCUT2D eigenvalue weighted by Crippen LogP contribution is -2.00. The van der Waals surface area contributed by atoms with E-state index in [2.05, 4.69) is 32.0 Å². The number of rotatable bonds is 11. The first-order valence-corrected chi connectivity index (χ1v) is 9.15. The third-order valence-corrected chi connectivity index (χ3v) is 4.12. The first-order chi connectivity index (χ1) is 11.8. The normalized spacial score (nSPS) is 10.8. The summed E-state index contributed by atoms with van der Waals surface area (Å²) < 4.78 is 17.2. The van der Waals surface area contributed by atoms with Gasteiger partial charge in [-0.05, 0) is 47.9 Å². The van der Waals surface area contributed by atoms with Crippen LogP contribution in [0.5, 0.6) is 17.2 Å². The highest BCUT2D eigenvalue weighted by Gasteiger charge is 2.08. The zero-order valence-electron chi connectivity index (χ0n) is 15.3. The molecule has 3 nitrogen and oxygen atoms in total. The molecule has 0 bridgehead atoms. The summed E-state index contributed by atoms with van der Waals surface area (Å²) in [6, 6.07) is 10.3. The highest BCUT2D eigenvalue weighted by atomic mass is 16.5. The molecule has 0 aliphatic heterocycles. The lowest BCUT2D eigenvalue weighted by Gasteiger charge is -2.13. The number of benzene rings is 2. The number of fused-ring (bicyclic) bond motifs is 1. The van der Waals surface area contributed by atoms with Gasteiger partial charge in [0.05, 0.1) is 20.3 Å². The summed E-state index contributed by atoms with van der Waals surface area (Å²) in [6.07, 6.45) is 6.97. The van der Waals surface area contributed by atoms with E-state index < -0.39 is 0 Å². The van der Waals surface area contributed by atoms with E-state index in [1.807, 2.05) is 12.1 Å². The van der Waals surface area contributed by atoms with Crippen LogP contribution < -0.4 is 14.2 Å². The molecular formula is C21H30O3. The summed E-state index contributed by atoms with van der Waals surface area (Å²) in [5.74, 6) is 2.51. The number of ether oxygens (including phenoxy) is 3. The second-order valence-corrected chi connectivity index (χ2v) is 6.12. The van der Waals surface area contributed by atoms with Crippen LogP contribution in [0.2, 0.25) is 0 Å². The molecule has 0 saturated carbocycles. The highest BCUT2D eigenvalue weighted by Crippen LogP contribution is 2.34. The summed E-state index contributed by atoms with van der Waals surface area (Å²) in [5.41, 5.74) is 0. The molecule has 24 heavy (non-hydrogen) atoms. The molecule has 3 heteroatoms. The van der Waals surface area contributed by atoms with Crippen molar-refractivity contribution >= 4 is 10.8 Å². The van der Waals surface area contributed by atoms with Crippen LogP contribution in [-0.4, -0.2) is 20.3 Å². The second-order valence-electron chi connectivity index (χ2n) is 6.12. The summed E-state index contributed by atoms with van der Waals surface area (Å²) in [5, 5.41) is 2.25. The van der Waals surface area contributed by atoms with Gasteiger partial charge < -0.3 is 14.2 Å². The van der Waals surface area contributed by atoms with Crippen LogP contribution in [0.15, 0.2) is 30.3 Å². The van der Waals surface area contributed by atoms with Crippen molar-refractivity contribution in [1.29, 1.82) is 0 Å². The predicted octanol–water partition coefficient (Wildman–Crippen LogP) is 5.99. The summed E-state index contributed by atoms with van der Waals surface area (Å²) in [4.78, 5) is 0. The van der Waals surface area contributed by atoms with Crippen molar-refractivity contribution in [3.8, 4) is 17.2 Å². The van der Waals surface area contributed by atoms with Gasteiger partial charge in [0.25, 0.3) is 0 Å². The molecule has 2 aromatic rings. The Morgan fingerprint density at radius 2 is 1.38 bits per heavy atom. The topological polar surface area (TPSA) is 27.7 Å². The molecule has 0 N–H and O–H groups in total. The molecule has 0 fully saturated rings. The predicted molar refractivity (Wildman–Crippen MR) is 101 cm³/mol. The quantitative estimate of drug-likeness (QED) is 0.474. The van der Waals surface area contributed by atoms with E-state index in [1.165, 1.54) is 25.7 Å². The molecule has 0 spiro atoms. The third kappa shape index (κ3) is 5.33. The highest BCUT2D eigenvalue weighted by molar-refractivity contribution is 5.87. The summed E-state index contributed by atoms with van der Waals surface area (Å²) in [7, 11) is 1.69. The minimum atomic E-state index is 0.730. The van der Waals surface area contributed by atoms with Crippen LogP contribution in [0.1, 0.15) is 52.4 Å². The van der Waals surface area contributed by atoms with Gasteiger partial charge in [-0.2, -0.15) is 0 Å². The number of hydrogen-bond acceptors (Lipinski definition) is 3. The SMILES string of the molecule is CCCCCOc1ccc2cc(OCCCCC)c(OC)cc2c1. The Morgan fingerprint density at radius 1 is 0.708 bits per heavy atom. The Hall–Kier alpha value is -1.90. The van der Waals surface area contributed by atoms with E-state index >= 15 is 0 Å². The van der Waals surface area contributed by atoms with Gasteiger partial charge in [-0.1, -0.05) is 45.6 Å². The van der Waals surface area contributed by atoms with E-state index in [0.29, 0.717) is 0 Å². The van der Waals surface area contributed by atoms with Crippen molar-refractivity contribution in [1.82, 2.24) is 0 Å². The Labute approximate surface area is 145 Å². The maximum atomic E-state index is 5.90. The molecule has 0 heterocycles. The van der Waals surface area contributed by atoms with E-state index in [-0.39, 0.29) is 0 Å². The van der Waals surface area contributed by atoms with E-state index in [1.54, 1.807) is 7.11 Å². The maximum absolute atomic E-state index is 5.90. The molecule has 2 aromatic carbocycles. The monoisotopic (exact) mass is 330 g/mol. The van der Waals surface area contributed by atoms with Gasteiger partial charge in [0.2, 0.25) is 0 Å². The minimum Gasteiger partial charge on any atom is -0.494 e. The number of unbranched alkanes of at least 4 members (excludes halogenated alkanes) is 4. The molecule has 0 amide bonds. The van der Waals surface area contributed by atoms with E-state index in [9.17, 15) is 0 Å². The Balaban J connectivity index is 2.09. The first kappa shape index (κ1) is 18.4.